The van der Waals surface area contributed by atoms with Gasteiger partial charge in [0.25, 0.3) is 0 Å². The molecule has 1 amide bonds. The Morgan fingerprint density at radius 3 is 2.61 bits per heavy atom. The Morgan fingerprint density at radius 2 is 1.87 bits per heavy atom. The molecule has 2 aliphatic rings. The fourth-order valence-electron chi connectivity index (χ4n) is 4.95. The quantitative estimate of drug-likeness (QED) is 0.617. The maximum absolute atomic E-state index is 12.9. The van der Waals surface area contributed by atoms with Crippen LogP contribution in [-0.4, -0.2) is 43.6 Å². The number of nitrogens with zero attached hydrogens (tertiary/aromatic N) is 2. The number of anilines is 1. The Hall–Kier alpha value is -2.04. The van der Waals surface area contributed by atoms with Crippen molar-refractivity contribution in [2.24, 2.45) is 11.8 Å². The maximum atomic E-state index is 12.9. The molecule has 0 aliphatic carbocycles. The minimum Gasteiger partial charge on any atom is -0.491 e. The van der Waals surface area contributed by atoms with Gasteiger partial charge in [0.1, 0.15) is 5.75 Å². The fourth-order valence-corrected chi connectivity index (χ4v) is 5.14. The van der Waals surface area contributed by atoms with Crippen LogP contribution in [0.2, 0.25) is 5.02 Å². The smallest absolute Gasteiger partial charge is 0.231 e. The molecule has 2 aromatic carbocycles. The molecular weight excluding hydrogens is 408 g/mol. The molecule has 0 bridgehead atoms. The van der Waals surface area contributed by atoms with Gasteiger partial charge >= 0.3 is 0 Å². The van der Waals surface area contributed by atoms with Crippen molar-refractivity contribution >= 4 is 23.2 Å². The topological polar surface area (TPSA) is 32.8 Å². The van der Waals surface area contributed by atoms with E-state index in [-0.39, 0.29) is 17.9 Å². The van der Waals surface area contributed by atoms with Crippen molar-refractivity contribution < 1.29 is 9.53 Å². The number of amides is 1. The molecule has 166 valence electrons. The number of carbonyl (C=O) groups is 1. The Bertz CT molecular complexity index is 921. The number of piperidine rings is 1. The second kappa shape index (κ2) is 9.62. The first-order valence-electron chi connectivity index (χ1n) is 11.4. The van der Waals surface area contributed by atoms with Crippen LogP contribution in [0.5, 0.6) is 5.75 Å². The molecule has 1 atom stereocenters. The fraction of sp³-hybridized carbons (Fsp3) is 0.500. The average Bonchev–Trinajstić information content (AvgIpc) is 2.75. The Balaban J connectivity index is 1.32. The van der Waals surface area contributed by atoms with E-state index >= 15 is 0 Å². The lowest BCUT2D eigenvalue weighted by Crippen LogP contribution is -2.46. The van der Waals surface area contributed by atoms with Gasteiger partial charge in [0.05, 0.1) is 12.0 Å². The van der Waals surface area contributed by atoms with E-state index in [0.717, 1.165) is 61.8 Å². The Kier molecular flexibility index (Phi) is 6.88. The summed E-state index contributed by atoms with van der Waals surface area (Å²) in [6.07, 6.45) is 4.27. The number of halogens is 1. The van der Waals surface area contributed by atoms with E-state index in [1.165, 1.54) is 11.1 Å². The SMILES string of the molecule is CC(C)Oc1ccc(Cl)c(CC2CCN(CC3Cc4ccccc4N(C)C3=O)CC2)c1. The zero-order valence-electron chi connectivity index (χ0n) is 18.8. The van der Waals surface area contributed by atoms with Crippen molar-refractivity contribution in [2.75, 3.05) is 31.6 Å². The molecular formula is C26H33ClN2O2. The first kappa shape index (κ1) is 22.2. The van der Waals surface area contributed by atoms with Gasteiger partial charge in [0.15, 0.2) is 0 Å². The number of hydrogen-bond donors (Lipinski definition) is 0. The second-order valence-electron chi connectivity index (χ2n) is 9.29. The first-order valence-corrected chi connectivity index (χ1v) is 11.8. The summed E-state index contributed by atoms with van der Waals surface area (Å²) < 4.78 is 5.84. The van der Waals surface area contributed by atoms with E-state index in [2.05, 4.69) is 23.1 Å². The number of likely N-dealkylation sites (tertiary alicyclic amines) is 1. The summed E-state index contributed by atoms with van der Waals surface area (Å²) >= 11 is 6.47. The third-order valence-corrected chi connectivity index (χ3v) is 6.95. The van der Waals surface area contributed by atoms with Crippen LogP contribution < -0.4 is 9.64 Å². The summed E-state index contributed by atoms with van der Waals surface area (Å²) in [7, 11) is 1.90. The number of hydrogen-bond acceptors (Lipinski definition) is 3. The Morgan fingerprint density at radius 1 is 1.13 bits per heavy atom. The van der Waals surface area contributed by atoms with Crippen LogP contribution in [0.25, 0.3) is 0 Å². The zero-order chi connectivity index (χ0) is 22.0. The molecule has 0 spiro atoms. The summed E-state index contributed by atoms with van der Waals surface area (Å²) in [6, 6.07) is 14.3. The summed E-state index contributed by atoms with van der Waals surface area (Å²) in [4.78, 5) is 17.2. The zero-order valence-corrected chi connectivity index (χ0v) is 19.6. The third-order valence-electron chi connectivity index (χ3n) is 6.58. The maximum Gasteiger partial charge on any atom is 0.231 e. The minimum atomic E-state index is 0.0516. The van der Waals surface area contributed by atoms with Gasteiger partial charge in [0.2, 0.25) is 5.91 Å². The minimum absolute atomic E-state index is 0.0516. The highest BCUT2D eigenvalue weighted by molar-refractivity contribution is 6.31. The third kappa shape index (κ3) is 5.24. The number of fused-ring (bicyclic) bond motifs is 1. The lowest BCUT2D eigenvalue weighted by molar-refractivity contribution is -0.123. The van der Waals surface area contributed by atoms with Crippen molar-refractivity contribution in [3.05, 3.63) is 58.6 Å². The van der Waals surface area contributed by atoms with Crippen molar-refractivity contribution in [3.63, 3.8) is 0 Å². The number of benzene rings is 2. The van der Waals surface area contributed by atoms with Crippen LogP contribution >= 0.6 is 11.6 Å². The molecule has 4 nitrogen and oxygen atoms in total. The van der Waals surface area contributed by atoms with Crippen molar-refractivity contribution in [1.29, 1.82) is 0 Å². The molecule has 1 unspecified atom stereocenters. The van der Waals surface area contributed by atoms with Gasteiger partial charge in [-0.05, 0) is 93.9 Å². The number of para-hydroxylation sites is 1. The van der Waals surface area contributed by atoms with Crippen molar-refractivity contribution in [2.45, 2.75) is 45.6 Å². The van der Waals surface area contributed by atoms with Gasteiger partial charge in [-0.25, -0.2) is 0 Å². The molecule has 0 aromatic heterocycles. The molecule has 0 N–H and O–H groups in total. The van der Waals surface area contributed by atoms with Crippen LogP contribution in [-0.2, 0) is 17.6 Å². The number of carbonyl (C=O) groups excluding carboxylic acids is 1. The summed E-state index contributed by atoms with van der Waals surface area (Å²) in [5.74, 6) is 1.81. The molecule has 2 heterocycles. The largest absolute Gasteiger partial charge is 0.491 e. The van der Waals surface area contributed by atoms with E-state index in [4.69, 9.17) is 16.3 Å². The van der Waals surface area contributed by atoms with Gasteiger partial charge in [-0.2, -0.15) is 0 Å². The molecule has 0 radical (unpaired) electrons. The molecule has 31 heavy (non-hydrogen) atoms. The van der Waals surface area contributed by atoms with Gasteiger partial charge < -0.3 is 14.5 Å². The predicted octanol–water partition coefficient (Wildman–Crippen LogP) is 5.22. The van der Waals surface area contributed by atoms with Crippen molar-refractivity contribution in [1.82, 2.24) is 4.90 Å². The standard InChI is InChI=1S/C26H33ClN2O2/c1-18(2)31-23-8-9-24(27)21(16-23)14-19-10-12-29(13-11-19)17-22-15-20-6-4-5-7-25(20)28(3)26(22)30/h4-9,16,18-19,22H,10-15,17H2,1-3H3. The summed E-state index contributed by atoms with van der Waals surface area (Å²) in [6.45, 7) is 7.01. The lowest BCUT2D eigenvalue weighted by Gasteiger charge is -2.37. The Labute approximate surface area is 191 Å². The van der Waals surface area contributed by atoms with Crippen LogP contribution in [0.3, 0.4) is 0 Å². The van der Waals surface area contributed by atoms with Crippen LogP contribution in [0.15, 0.2) is 42.5 Å². The predicted molar refractivity (Wildman–Crippen MR) is 127 cm³/mol. The van der Waals surface area contributed by atoms with Gasteiger partial charge in [-0.3, -0.25) is 4.79 Å². The van der Waals surface area contributed by atoms with Crippen LogP contribution in [0.1, 0.15) is 37.8 Å². The highest BCUT2D eigenvalue weighted by Crippen LogP contribution is 2.32. The normalized spacial score (nSPS) is 20.2. The molecule has 2 aromatic rings. The van der Waals surface area contributed by atoms with Crippen molar-refractivity contribution in [3.8, 4) is 5.75 Å². The van der Waals surface area contributed by atoms with E-state index in [1.807, 2.05) is 50.1 Å². The molecule has 5 heteroatoms. The number of rotatable bonds is 6. The van der Waals surface area contributed by atoms with E-state index in [9.17, 15) is 4.79 Å². The molecule has 2 aliphatic heterocycles. The average molecular weight is 441 g/mol. The summed E-state index contributed by atoms with van der Waals surface area (Å²) in [5, 5.41) is 0.827. The van der Waals surface area contributed by atoms with E-state index < -0.39 is 0 Å². The highest BCUT2D eigenvalue weighted by atomic mass is 35.5. The monoisotopic (exact) mass is 440 g/mol. The first-order chi connectivity index (χ1) is 14.9. The number of ether oxygens (including phenoxy) is 1. The van der Waals surface area contributed by atoms with Gasteiger partial charge in [-0.1, -0.05) is 29.8 Å². The molecule has 4 rings (SSSR count). The molecule has 0 saturated carbocycles. The van der Waals surface area contributed by atoms with Gasteiger partial charge in [0, 0.05) is 24.3 Å². The molecule has 1 fully saturated rings. The van der Waals surface area contributed by atoms with Crippen LogP contribution in [0, 0.1) is 11.8 Å². The van der Waals surface area contributed by atoms with Gasteiger partial charge in [-0.15, -0.1) is 0 Å². The van der Waals surface area contributed by atoms with E-state index in [0.29, 0.717) is 5.92 Å². The lowest BCUT2D eigenvalue weighted by atomic mass is 9.88. The second-order valence-corrected chi connectivity index (χ2v) is 9.70. The molecule has 1 saturated heterocycles. The summed E-state index contributed by atoms with van der Waals surface area (Å²) in [5.41, 5.74) is 3.52. The van der Waals surface area contributed by atoms with E-state index in [1.54, 1.807) is 0 Å². The van der Waals surface area contributed by atoms with Crippen LogP contribution in [0.4, 0.5) is 5.69 Å². The highest BCUT2D eigenvalue weighted by Gasteiger charge is 2.32.